The van der Waals surface area contributed by atoms with E-state index in [1.54, 1.807) is 0 Å². The highest BCUT2D eigenvalue weighted by Crippen LogP contribution is 2.24. The molecule has 0 radical (unpaired) electrons. The number of hydrogen-bond acceptors (Lipinski definition) is 0. The van der Waals surface area contributed by atoms with Gasteiger partial charge in [0.2, 0.25) is 0 Å². The van der Waals surface area contributed by atoms with Crippen LogP contribution in [0.1, 0.15) is 0 Å². The number of benzene rings is 2. The number of H-pyrrole nitrogens is 1. The number of rotatable bonds is 2. The van der Waals surface area contributed by atoms with Gasteiger partial charge in [-0.05, 0) is 34.9 Å². The maximum Gasteiger partial charge on any atom is 0.0454 e. The Balaban J connectivity index is 2.06. The zero-order chi connectivity index (χ0) is 11.5. The van der Waals surface area contributed by atoms with Crippen LogP contribution in [0.25, 0.3) is 22.4 Å². The van der Waals surface area contributed by atoms with E-state index in [-0.39, 0.29) is 0 Å². The van der Waals surface area contributed by atoms with Gasteiger partial charge in [0, 0.05) is 11.9 Å². The minimum Gasteiger partial charge on any atom is -0.361 e. The van der Waals surface area contributed by atoms with Gasteiger partial charge in [0.1, 0.15) is 0 Å². The van der Waals surface area contributed by atoms with Crippen LogP contribution in [0.3, 0.4) is 0 Å². The second kappa shape index (κ2) is 4.30. The predicted octanol–water partition coefficient (Wildman–Crippen LogP) is 4.35. The summed E-state index contributed by atoms with van der Waals surface area (Å²) in [6.45, 7) is 0. The first-order valence-corrected chi connectivity index (χ1v) is 5.73. The molecule has 0 amide bonds. The van der Waals surface area contributed by atoms with Crippen molar-refractivity contribution in [2.24, 2.45) is 0 Å². The van der Waals surface area contributed by atoms with Crippen molar-refractivity contribution in [2.75, 3.05) is 0 Å². The fourth-order valence-electron chi connectivity index (χ4n) is 2.01. The Morgan fingerprint density at radius 2 is 1.35 bits per heavy atom. The maximum absolute atomic E-state index is 3.23. The molecule has 1 heterocycles. The number of aromatic amines is 1. The highest BCUT2D eigenvalue weighted by atomic mass is 14.7. The topological polar surface area (TPSA) is 15.8 Å². The van der Waals surface area contributed by atoms with Gasteiger partial charge >= 0.3 is 0 Å². The normalized spacial score (nSPS) is 10.4. The molecule has 0 aliphatic carbocycles. The second-order valence-electron chi connectivity index (χ2n) is 4.03. The second-order valence-corrected chi connectivity index (χ2v) is 4.03. The molecule has 1 nitrogen and oxygen atoms in total. The average molecular weight is 219 g/mol. The van der Waals surface area contributed by atoms with Gasteiger partial charge in [-0.2, -0.15) is 0 Å². The van der Waals surface area contributed by atoms with Crippen molar-refractivity contribution in [2.45, 2.75) is 0 Å². The van der Waals surface area contributed by atoms with Crippen molar-refractivity contribution < 1.29 is 0 Å². The molecular formula is C16H13N. The lowest BCUT2D eigenvalue weighted by molar-refractivity contribution is 1.40. The molecular weight excluding hydrogens is 206 g/mol. The zero-order valence-corrected chi connectivity index (χ0v) is 9.43. The largest absolute Gasteiger partial charge is 0.361 e. The molecule has 1 aromatic heterocycles. The first kappa shape index (κ1) is 9.91. The minimum absolute atomic E-state index is 1.16. The molecule has 0 fully saturated rings. The first-order valence-electron chi connectivity index (χ1n) is 5.73. The highest BCUT2D eigenvalue weighted by Gasteiger charge is 2.00. The summed E-state index contributed by atoms with van der Waals surface area (Å²) in [5.74, 6) is 0. The van der Waals surface area contributed by atoms with Gasteiger partial charge in [-0.1, -0.05) is 48.5 Å². The first-order chi connectivity index (χ1) is 8.43. The molecule has 17 heavy (non-hydrogen) atoms. The summed E-state index contributed by atoms with van der Waals surface area (Å²) in [6, 6.07) is 23.1. The van der Waals surface area contributed by atoms with E-state index < -0.39 is 0 Å². The number of hydrogen-bond donors (Lipinski definition) is 1. The number of aromatic nitrogens is 1. The Labute approximate surface area is 101 Å². The van der Waals surface area contributed by atoms with Gasteiger partial charge in [-0.15, -0.1) is 0 Å². The third-order valence-electron chi connectivity index (χ3n) is 2.88. The molecule has 82 valence electrons. The van der Waals surface area contributed by atoms with Crippen molar-refractivity contribution in [1.82, 2.24) is 4.98 Å². The van der Waals surface area contributed by atoms with Crippen LogP contribution in [0, 0.1) is 0 Å². The Bertz CT molecular complexity index is 594. The molecule has 0 aliphatic rings. The van der Waals surface area contributed by atoms with Crippen molar-refractivity contribution in [3.05, 3.63) is 72.9 Å². The van der Waals surface area contributed by atoms with Crippen molar-refractivity contribution in [3.63, 3.8) is 0 Å². The summed E-state index contributed by atoms with van der Waals surface area (Å²) in [6.07, 6.45) is 1.95. The summed E-state index contributed by atoms with van der Waals surface area (Å²) in [5, 5.41) is 0. The average Bonchev–Trinajstić information content (AvgIpc) is 2.94. The van der Waals surface area contributed by atoms with Crippen LogP contribution in [0.4, 0.5) is 0 Å². The van der Waals surface area contributed by atoms with Crippen molar-refractivity contribution in [3.8, 4) is 22.4 Å². The third kappa shape index (κ3) is 2.00. The van der Waals surface area contributed by atoms with Crippen LogP contribution in [0.5, 0.6) is 0 Å². The van der Waals surface area contributed by atoms with Crippen LogP contribution in [-0.2, 0) is 0 Å². The van der Waals surface area contributed by atoms with Crippen LogP contribution in [0.15, 0.2) is 72.9 Å². The lowest BCUT2D eigenvalue weighted by atomic mass is 10.0. The molecule has 1 N–H and O–H groups in total. The van der Waals surface area contributed by atoms with E-state index in [1.165, 1.54) is 16.7 Å². The SMILES string of the molecule is c1ccc(-c2cccc(-c3ccc[nH]3)c2)cc1. The van der Waals surface area contributed by atoms with Gasteiger partial charge in [0.25, 0.3) is 0 Å². The molecule has 0 saturated carbocycles. The van der Waals surface area contributed by atoms with Crippen LogP contribution in [0.2, 0.25) is 0 Å². The summed E-state index contributed by atoms with van der Waals surface area (Å²) in [7, 11) is 0. The van der Waals surface area contributed by atoms with E-state index in [9.17, 15) is 0 Å². The lowest BCUT2D eigenvalue weighted by Crippen LogP contribution is -1.80. The fourth-order valence-corrected chi connectivity index (χ4v) is 2.01. The lowest BCUT2D eigenvalue weighted by Gasteiger charge is -2.04. The van der Waals surface area contributed by atoms with E-state index in [2.05, 4.69) is 59.6 Å². The summed E-state index contributed by atoms with van der Waals surface area (Å²) in [4.78, 5) is 3.23. The van der Waals surface area contributed by atoms with Crippen LogP contribution >= 0.6 is 0 Å². The van der Waals surface area contributed by atoms with Gasteiger partial charge in [0.15, 0.2) is 0 Å². The predicted molar refractivity (Wildman–Crippen MR) is 71.7 cm³/mol. The Kier molecular flexibility index (Phi) is 2.51. The van der Waals surface area contributed by atoms with Gasteiger partial charge in [-0.3, -0.25) is 0 Å². The molecule has 3 rings (SSSR count). The zero-order valence-electron chi connectivity index (χ0n) is 9.43. The van der Waals surface area contributed by atoms with E-state index in [1.807, 2.05) is 18.3 Å². The standard InChI is InChI=1S/C16H13N/c1-2-6-13(7-3-1)14-8-4-9-15(12-14)16-10-5-11-17-16/h1-12,17H. The maximum atomic E-state index is 3.23. The summed E-state index contributed by atoms with van der Waals surface area (Å²) < 4.78 is 0. The molecule has 3 aromatic rings. The van der Waals surface area contributed by atoms with E-state index >= 15 is 0 Å². The molecule has 0 atom stereocenters. The third-order valence-corrected chi connectivity index (χ3v) is 2.88. The summed E-state index contributed by atoms with van der Waals surface area (Å²) >= 11 is 0. The van der Waals surface area contributed by atoms with E-state index in [0.717, 1.165) is 5.69 Å². The Morgan fingerprint density at radius 1 is 0.588 bits per heavy atom. The molecule has 1 heteroatoms. The Hall–Kier alpha value is -2.28. The fraction of sp³-hybridized carbons (Fsp3) is 0. The minimum atomic E-state index is 1.16. The highest BCUT2D eigenvalue weighted by molar-refractivity contribution is 5.71. The van der Waals surface area contributed by atoms with E-state index in [0.29, 0.717) is 0 Å². The molecule has 0 bridgehead atoms. The molecule has 0 saturated heterocycles. The smallest absolute Gasteiger partial charge is 0.0454 e. The van der Waals surface area contributed by atoms with Gasteiger partial charge < -0.3 is 4.98 Å². The van der Waals surface area contributed by atoms with Crippen LogP contribution < -0.4 is 0 Å². The van der Waals surface area contributed by atoms with Crippen molar-refractivity contribution >= 4 is 0 Å². The Morgan fingerprint density at radius 3 is 2.12 bits per heavy atom. The van der Waals surface area contributed by atoms with E-state index in [4.69, 9.17) is 0 Å². The van der Waals surface area contributed by atoms with Crippen LogP contribution in [-0.4, -0.2) is 4.98 Å². The quantitative estimate of drug-likeness (QED) is 0.659. The molecule has 2 aromatic carbocycles. The summed E-state index contributed by atoms with van der Waals surface area (Å²) in [5.41, 5.74) is 4.87. The van der Waals surface area contributed by atoms with Gasteiger partial charge in [0.05, 0.1) is 0 Å². The number of nitrogens with one attached hydrogen (secondary N) is 1. The molecule has 0 unspecified atom stereocenters. The molecule has 0 spiro atoms. The monoisotopic (exact) mass is 219 g/mol. The van der Waals surface area contributed by atoms with Gasteiger partial charge in [-0.25, -0.2) is 0 Å². The molecule has 0 aliphatic heterocycles. The van der Waals surface area contributed by atoms with Crippen molar-refractivity contribution in [1.29, 1.82) is 0 Å².